The lowest BCUT2D eigenvalue weighted by Gasteiger charge is -2.25. The van der Waals surface area contributed by atoms with Gasteiger partial charge in [-0.05, 0) is 38.5 Å². The molecule has 54 heavy (non-hydrogen) atoms. The molecule has 0 bridgehead atoms. The van der Waals surface area contributed by atoms with Crippen molar-refractivity contribution in [1.29, 1.82) is 0 Å². The molecule has 0 spiro atoms. The average Bonchev–Trinajstić information content (AvgIpc) is 3.16. The number of nitrogens with two attached hydrogens (primary N) is 1. The molecule has 8 nitrogen and oxygen atoms in total. The molecule has 9 heteroatoms. The number of aliphatic hydroxyl groups excluding tert-OH is 1. The molecule has 0 aliphatic rings. The van der Waals surface area contributed by atoms with E-state index in [1.807, 2.05) is 0 Å². The largest absolute Gasteiger partial charge is 0.472 e. The number of phosphoric acid groups is 1. The summed E-state index contributed by atoms with van der Waals surface area (Å²) in [5.74, 6) is -0.163. The first-order chi connectivity index (χ1) is 26.4. The van der Waals surface area contributed by atoms with Crippen LogP contribution in [-0.4, -0.2) is 47.8 Å². The van der Waals surface area contributed by atoms with Crippen molar-refractivity contribution in [3.63, 3.8) is 0 Å². The van der Waals surface area contributed by atoms with Gasteiger partial charge in [0.05, 0.1) is 25.4 Å². The summed E-state index contributed by atoms with van der Waals surface area (Å²) in [4.78, 5) is 22.8. The Labute approximate surface area is 335 Å². The van der Waals surface area contributed by atoms with Gasteiger partial charge in [0.25, 0.3) is 0 Å². The highest BCUT2D eigenvalue weighted by Gasteiger charge is 2.27. The van der Waals surface area contributed by atoms with Crippen LogP contribution in [0.1, 0.15) is 239 Å². The molecule has 0 fully saturated rings. The van der Waals surface area contributed by atoms with E-state index in [-0.39, 0.29) is 25.7 Å². The summed E-state index contributed by atoms with van der Waals surface area (Å²) in [7, 11) is -4.31. The topological polar surface area (TPSA) is 131 Å². The molecule has 322 valence electrons. The van der Waals surface area contributed by atoms with Crippen molar-refractivity contribution in [2.75, 3.05) is 19.8 Å². The number of aliphatic hydroxyl groups is 1. The lowest BCUT2D eigenvalue weighted by molar-refractivity contribution is -0.123. The van der Waals surface area contributed by atoms with Crippen molar-refractivity contribution in [2.45, 2.75) is 251 Å². The van der Waals surface area contributed by atoms with E-state index in [0.29, 0.717) is 12.8 Å². The summed E-state index contributed by atoms with van der Waals surface area (Å²) in [6, 6.07) is -0.773. The van der Waals surface area contributed by atoms with Gasteiger partial charge in [0.1, 0.15) is 0 Å². The average molecular weight is 787 g/mol. The maximum Gasteiger partial charge on any atom is 0.472 e. The van der Waals surface area contributed by atoms with Gasteiger partial charge in [-0.3, -0.25) is 13.8 Å². The number of unbranched alkanes of at least 4 members (excludes halogenated alkanes) is 30. The molecule has 0 aromatic rings. The molecule has 0 aromatic carbocycles. The van der Waals surface area contributed by atoms with Crippen LogP contribution < -0.4 is 11.1 Å². The molecular formula is C45H91N2O6P. The Morgan fingerprint density at radius 3 is 1.37 bits per heavy atom. The molecule has 0 radical (unpaired) electrons. The van der Waals surface area contributed by atoms with E-state index in [4.69, 9.17) is 14.8 Å². The van der Waals surface area contributed by atoms with Crippen molar-refractivity contribution < 1.29 is 28.4 Å². The molecule has 3 atom stereocenters. The van der Waals surface area contributed by atoms with Gasteiger partial charge in [-0.15, -0.1) is 0 Å². The Morgan fingerprint density at radius 2 is 0.963 bits per heavy atom. The summed E-state index contributed by atoms with van der Waals surface area (Å²) >= 11 is 0. The van der Waals surface area contributed by atoms with Crippen molar-refractivity contribution in [3.05, 3.63) is 12.2 Å². The summed E-state index contributed by atoms with van der Waals surface area (Å²) in [6.07, 6.45) is 46.5. The van der Waals surface area contributed by atoms with Crippen molar-refractivity contribution in [2.24, 2.45) is 5.73 Å². The number of hydrogen-bond acceptors (Lipinski definition) is 6. The lowest BCUT2D eigenvalue weighted by atomic mass is 10.0. The normalized spacial score (nSPS) is 14.1. The predicted molar refractivity (Wildman–Crippen MR) is 231 cm³/mol. The van der Waals surface area contributed by atoms with Gasteiger partial charge in [-0.25, -0.2) is 4.57 Å². The maximum absolute atomic E-state index is 12.8. The van der Waals surface area contributed by atoms with Crippen molar-refractivity contribution in [1.82, 2.24) is 5.32 Å². The zero-order chi connectivity index (χ0) is 39.6. The van der Waals surface area contributed by atoms with Crippen molar-refractivity contribution >= 4 is 13.7 Å². The summed E-state index contributed by atoms with van der Waals surface area (Å²) in [6.45, 7) is 4.23. The van der Waals surface area contributed by atoms with E-state index in [9.17, 15) is 19.4 Å². The van der Waals surface area contributed by atoms with E-state index in [1.165, 1.54) is 173 Å². The second-order valence-corrected chi connectivity index (χ2v) is 17.4. The minimum Gasteiger partial charge on any atom is -0.391 e. The van der Waals surface area contributed by atoms with Crippen LogP contribution in [0, 0.1) is 0 Å². The summed E-state index contributed by atoms with van der Waals surface area (Å²) in [5.41, 5.74) is 5.39. The van der Waals surface area contributed by atoms with Crippen LogP contribution in [0.15, 0.2) is 12.2 Å². The first-order valence-electron chi connectivity index (χ1n) is 23.3. The highest BCUT2D eigenvalue weighted by Crippen LogP contribution is 2.43. The Kier molecular flexibility index (Phi) is 41.3. The molecule has 0 saturated carbocycles. The number of rotatable bonds is 44. The van der Waals surface area contributed by atoms with E-state index >= 15 is 0 Å². The quantitative estimate of drug-likeness (QED) is 0.0275. The molecule has 0 saturated heterocycles. The standard InChI is InChI=1S/C45H91N2O6P/c1-3-5-7-9-11-13-15-17-19-21-23-25-27-29-31-33-35-37-39-45(49)47-43(42-53-54(50,51)52-41-40-46)44(48)38-36-34-32-30-28-26-24-22-20-18-16-14-12-10-8-6-4-2/h19,21,43-44,48H,3-18,20,22-42,46H2,1-2H3,(H,47,49)(H,50,51)/b21-19-. The minimum absolute atomic E-state index is 0.0900. The van der Waals surface area contributed by atoms with Crippen LogP contribution >= 0.6 is 7.82 Å². The van der Waals surface area contributed by atoms with E-state index in [0.717, 1.165) is 38.5 Å². The third kappa shape index (κ3) is 39.5. The Morgan fingerprint density at radius 1 is 0.593 bits per heavy atom. The fourth-order valence-electron chi connectivity index (χ4n) is 7.07. The zero-order valence-electron chi connectivity index (χ0n) is 35.7. The highest BCUT2D eigenvalue weighted by molar-refractivity contribution is 7.47. The first kappa shape index (κ1) is 53.2. The molecule has 5 N–H and O–H groups in total. The monoisotopic (exact) mass is 787 g/mol. The Hall–Kier alpha value is -0.760. The van der Waals surface area contributed by atoms with Gasteiger partial charge in [0.15, 0.2) is 0 Å². The lowest BCUT2D eigenvalue weighted by Crippen LogP contribution is -2.46. The Bertz CT molecular complexity index is 860. The van der Waals surface area contributed by atoms with Crippen LogP contribution in [0.5, 0.6) is 0 Å². The number of hydrogen-bond donors (Lipinski definition) is 4. The van der Waals surface area contributed by atoms with Gasteiger partial charge >= 0.3 is 7.82 Å². The van der Waals surface area contributed by atoms with Gasteiger partial charge in [0, 0.05) is 13.0 Å². The molecule has 0 heterocycles. The zero-order valence-corrected chi connectivity index (χ0v) is 36.6. The number of carbonyl (C=O) groups is 1. The third-order valence-electron chi connectivity index (χ3n) is 10.6. The molecule has 1 amide bonds. The van der Waals surface area contributed by atoms with Gasteiger partial charge in [-0.2, -0.15) is 0 Å². The second kappa shape index (κ2) is 41.9. The molecule has 0 aromatic heterocycles. The van der Waals surface area contributed by atoms with Gasteiger partial charge in [-0.1, -0.05) is 206 Å². The first-order valence-corrected chi connectivity index (χ1v) is 24.8. The molecule has 0 aliphatic heterocycles. The van der Waals surface area contributed by atoms with Gasteiger partial charge < -0.3 is 21.1 Å². The SMILES string of the molecule is CCCCCCCCC/C=C\CCCCCCCCCC(=O)NC(COP(=O)(O)OCCN)C(O)CCCCCCCCCCCCCCCCCCC. The van der Waals surface area contributed by atoms with Crippen LogP contribution in [0.3, 0.4) is 0 Å². The molecule has 0 rings (SSSR count). The van der Waals surface area contributed by atoms with Crippen molar-refractivity contribution in [3.8, 4) is 0 Å². The van der Waals surface area contributed by atoms with Crippen LogP contribution in [0.25, 0.3) is 0 Å². The van der Waals surface area contributed by atoms with E-state index < -0.39 is 20.0 Å². The number of nitrogens with one attached hydrogen (secondary N) is 1. The summed E-state index contributed by atoms with van der Waals surface area (Å²) < 4.78 is 22.2. The number of amides is 1. The Balaban J connectivity index is 4.11. The highest BCUT2D eigenvalue weighted by atomic mass is 31.2. The minimum atomic E-state index is -4.31. The number of phosphoric ester groups is 1. The van der Waals surface area contributed by atoms with Crippen LogP contribution in [0.2, 0.25) is 0 Å². The maximum atomic E-state index is 12.8. The second-order valence-electron chi connectivity index (χ2n) is 16.0. The fraction of sp³-hybridized carbons (Fsp3) is 0.933. The number of carbonyl (C=O) groups excluding carboxylic acids is 1. The third-order valence-corrected chi connectivity index (χ3v) is 11.6. The van der Waals surface area contributed by atoms with Gasteiger partial charge in [0.2, 0.25) is 5.91 Å². The molecule has 0 aliphatic carbocycles. The van der Waals surface area contributed by atoms with E-state index in [1.54, 1.807) is 0 Å². The predicted octanol–water partition coefficient (Wildman–Crippen LogP) is 13.2. The van der Waals surface area contributed by atoms with E-state index in [2.05, 4.69) is 31.3 Å². The van der Waals surface area contributed by atoms with Crippen LogP contribution in [0.4, 0.5) is 0 Å². The van der Waals surface area contributed by atoms with Crippen LogP contribution in [-0.2, 0) is 18.4 Å². The molecule has 3 unspecified atom stereocenters. The fourth-order valence-corrected chi connectivity index (χ4v) is 7.83. The summed E-state index contributed by atoms with van der Waals surface area (Å²) in [5, 5.41) is 13.8. The smallest absolute Gasteiger partial charge is 0.391 e. The molecular weight excluding hydrogens is 695 g/mol. The number of allylic oxidation sites excluding steroid dienone is 2.